The maximum Gasteiger partial charge on any atom is 0.307 e. The number of carboxylic acids is 1. The molecule has 0 saturated heterocycles. The third kappa shape index (κ3) is 1.44. The van der Waals surface area contributed by atoms with E-state index in [9.17, 15) is 4.79 Å². The molecule has 68 valence electrons. The lowest BCUT2D eigenvalue weighted by Crippen LogP contribution is -1.99. The highest BCUT2D eigenvalue weighted by atomic mass is 16.4. The van der Waals surface area contributed by atoms with Gasteiger partial charge in [0.2, 0.25) is 0 Å². The minimum absolute atomic E-state index is 0.138. The van der Waals surface area contributed by atoms with Gasteiger partial charge in [-0.2, -0.15) is 0 Å². The van der Waals surface area contributed by atoms with Crippen LogP contribution >= 0.6 is 0 Å². The monoisotopic (exact) mass is 176 g/mol. The van der Waals surface area contributed by atoms with Crippen LogP contribution in [0.25, 0.3) is 0 Å². The molecule has 1 aliphatic rings. The molecule has 2 nitrogen and oxygen atoms in total. The minimum Gasteiger partial charge on any atom is -0.481 e. The summed E-state index contributed by atoms with van der Waals surface area (Å²) in [6, 6.07) is 8.02. The lowest BCUT2D eigenvalue weighted by atomic mass is 10.0. The van der Waals surface area contributed by atoms with Crippen molar-refractivity contribution in [3.8, 4) is 0 Å². The first kappa shape index (κ1) is 8.30. The summed E-state index contributed by atoms with van der Waals surface area (Å²) in [5.41, 5.74) is 2.41. The summed E-state index contributed by atoms with van der Waals surface area (Å²) in [6.07, 6.45) is 0.806. The normalized spacial score (nSPS) is 25.6. The lowest BCUT2D eigenvalue weighted by Gasteiger charge is -2.02. The van der Waals surface area contributed by atoms with E-state index >= 15 is 0 Å². The van der Waals surface area contributed by atoms with Crippen LogP contribution in [0.15, 0.2) is 24.3 Å². The van der Waals surface area contributed by atoms with E-state index in [1.807, 2.05) is 31.2 Å². The van der Waals surface area contributed by atoms with Gasteiger partial charge in [-0.15, -0.1) is 0 Å². The number of aliphatic carboxylic acids is 1. The number of carbonyl (C=O) groups is 1. The second-order valence-corrected chi connectivity index (χ2v) is 3.64. The van der Waals surface area contributed by atoms with Crippen LogP contribution in [0.3, 0.4) is 0 Å². The van der Waals surface area contributed by atoms with Gasteiger partial charge in [0.15, 0.2) is 0 Å². The van der Waals surface area contributed by atoms with Gasteiger partial charge in [0.25, 0.3) is 0 Å². The lowest BCUT2D eigenvalue weighted by molar-refractivity contribution is -0.138. The molecule has 1 saturated carbocycles. The zero-order chi connectivity index (χ0) is 9.42. The Hall–Kier alpha value is -1.31. The molecule has 0 spiro atoms. The van der Waals surface area contributed by atoms with Gasteiger partial charge in [0.05, 0.1) is 5.92 Å². The number of benzene rings is 1. The van der Waals surface area contributed by atoms with Crippen LogP contribution in [-0.2, 0) is 4.79 Å². The molecule has 0 unspecified atom stereocenters. The average Bonchev–Trinajstić information content (AvgIpc) is 2.84. The van der Waals surface area contributed by atoms with E-state index in [-0.39, 0.29) is 11.8 Å². The van der Waals surface area contributed by atoms with Crippen LogP contribution in [0.2, 0.25) is 0 Å². The zero-order valence-electron chi connectivity index (χ0n) is 7.53. The van der Waals surface area contributed by atoms with Crippen LogP contribution in [0.4, 0.5) is 0 Å². The zero-order valence-corrected chi connectivity index (χ0v) is 7.53. The first-order valence-electron chi connectivity index (χ1n) is 4.48. The molecule has 2 atom stereocenters. The Morgan fingerprint density at radius 3 is 2.69 bits per heavy atom. The largest absolute Gasteiger partial charge is 0.481 e. The summed E-state index contributed by atoms with van der Waals surface area (Å²) in [5, 5.41) is 8.78. The standard InChI is InChI=1S/C11H12O2/c1-7-4-2-3-5-8(7)9-6-10(9)11(12)13/h2-5,9-10H,6H2,1H3,(H,12,13)/t9-,10+/m0/s1. The molecule has 0 aromatic heterocycles. The smallest absolute Gasteiger partial charge is 0.307 e. The molecular weight excluding hydrogens is 164 g/mol. The summed E-state index contributed by atoms with van der Waals surface area (Å²) < 4.78 is 0. The topological polar surface area (TPSA) is 37.3 Å². The van der Waals surface area contributed by atoms with Crippen molar-refractivity contribution in [3.05, 3.63) is 35.4 Å². The van der Waals surface area contributed by atoms with E-state index in [2.05, 4.69) is 0 Å². The highest BCUT2D eigenvalue weighted by Gasteiger charge is 2.44. The van der Waals surface area contributed by atoms with Gasteiger partial charge in [-0.05, 0) is 30.4 Å². The highest BCUT2D eigenvalue weighted by Crippen LogP contribution is 2.48. The Bertz CT molecular complexity index is 344. The third-order valence-electron chi connectivity index (χ3n) is 2.70. The number of aryl methyl sites for hydroxylation is 1. The Labute approximate surface area is 77.2 Å². The molecule has 0 amide bonds. The number of hydrogen-bond acceptors (Lipinski definition) is 1. The third-order valence-corrected chi connectivity index (χ3v) is 2.70. The van der Waals surface area contributed by atoms with Gasteiger partial charge in [-0.3, -0.25) is 4.79 Å². The van der Waals surface area contributed by atoms with Gasteiger partial charge in [-0.1, -0.05) is 24.3 Å². The minimum atomic E-state index is -0.659. The summed E-state index contributed by atoms with van der Waals surface area (Å²) in [4.78, 5) is 10.7. The molecule has 2 heteroatoms. The molecule has 1 aromatic carbocycles. The fourth-order valence-electron chi connectivity index (χ4n) is 1.81. The first-order chi connectivity index (χ1) is 6.20. The highest BCUT2D eigenvalue weighted by molar-refractivity contribution is 5.75. The number of carboxylic acid groups (broad SMARTS) is 1. The molecule has 2 rings (SSSR count). The van der Waals surface area contributed by atoms with E-state index in [4.69, 9.17) is 5.11 Å². The van der Waals surface area contributed by atoms with Crippen LogP contribution in [0.1, 0.15) is 23.5 Å². The number of hydrogen-bond donors (Lipinski definition) is 1. The molecule has 0 radical (unpaired) electrons. The Morgan fingerprint density at radius 1 is 1.46 bits per heavy atom. The van der Waals surface area contributed by atoms with Gasteiger partial charge < -0.3 is 5.11 Å². The molecule has 1 fully saturated rings. The quantitative estimate of drug-likeness (QED) is 0.749. The molecule has 1 aliphatic carbocycles. The SMILES string of the molecule is Cc1ccccc1[C@@H]1C[C@H]1C(=O)O. The summed E-state index contributed by atoms with van der Waals surface area (Å²) in [5.74, 6) is -0.534. The molecule has 0 heterocycles. The fraction of sp³-hybridized carbons (Fsp3) is 0.364. The second-order valence-electron chi connectivity index (χ2n) is 3.64. The summed E-state index contributed by atoms with van der Waals surface area (Å²) in [6.45, 7) is 2.03. The van der Waals surface area contributed by atoms with Gasteiger partial charge >= 0.3 is 5.97 Å². The first-order valence-corrected chi connectivity index (χ1v) is 4.48. The Kier molecular flexibility index (Phi) is 1.83. The summed E-state index contributed by atoms with van der Waals surface area (Å²) in [7, 11) is 0. The van der Waals surface area contributed by atoms with Gasteiger partial charge in [0.1, 0.15) is 0 Å². The van der Waals surface area contributed by atoms with E-state index < -0.39 is 5.97 Å². The number of rotatable bonds is 2. The van der Waals surface area contributed by atoms with Gasteiger partial charge in [-0.25, -0.2) is 0 Å². The fourth-order valence-corrected chi connectivity index (χ4v) is 1.81. The molecular formula is C11H12O2. The van der Waals surface area contributed by atoms with Gasteiger partial charge in [0, 0.05) is 0 Å². The molecule has 1 aromatic rings. The van der Waals surface area contributed by atoms with Crippen LogP contribution in [0.5, 0.6) is 0 Å². The van der Waals surface area contributed by atoms with Crippen molar-refractivity contribution in [1.82, 2.24) is 0 Å². The van der Waals surface area contributed by atoms with Crippen LogP contribution < -0.4 is 0 Å². The van der Waals surface area contributed by atoms with E-state index in [0.29, 0.717) is 0 Å². The van der Waals surface area contributed by atoms with Crippen molar-refractivity contribution in [3.63, 3.8) is 0 Å². The van der Waals surface area contributed by atoms with Crippen LogP contribution in [-0.4, -0.2) is 11.1 Å². The predicted octanol–water partition coefficient (Wildman–Crippen LogP) is 2.18. The van der Waals surface area contributed by atoms with E-state index in [1.165, 1.54) is 11.1 Å². The second kappa shape index (κ2) is 2.87. The Balaban J connectivity index is 2.21. The molecule has 1 N–H and O–H groups in total. The van der Waals surface area contributed by atoms with Crippen molar-refractivity contribution < 1.29 is 9.90 Å². The van der Waals surface area contributed by atoms with Crippen LogP contribution in [0, 0.1) is 12.8 Å². The van der Waals surface area contributed by atoms with Crippen molar-refractivity contribution in [2.24, 2.45) is 5.92 Å². The summed E-state index contributed by atoms with van der Waals surface area (Å²) >= 11 is 0. The maximum absolute atomic E-state index is 10.7. The van der Waals surface area contributed by atoms with Crippen molar-refractivity contribution in [2.75, 3.05) is 0 Å². The van der Waals surface area contributed by atoms with E-state index in [0.717, 1.165) is 6.42 Å². The Morgan fingerprint density at radius 2 is 2.15 bits per heavy atom. The van der Waals surface area contributed by atoms with E-state index in [1.54, 1.807) is 0 Å². The van der Waals surface area contributed by atoms with Crippen molar-refractivity contribution in [2.45, 2.75) is 19.3 Å². The average molecular weight is 176 g/mol. The van der Waals surface area contributed by atoms with Crippen molar-refractivity contribution >= 4 is 5.97 Å². The van der Waals surface area contributed by atoms with Crippen molar-refractivity contribution in [1.29, 1.82) is 0 Å². The predicted molar refractivity (Wildman–Crippen MR) is 49.7 cm³/mol. The molecule has 13 heavy (non-hydrogen) atoms. The molecule has 0 bridgehead atoms. The maximum atomic E-state index is 10.7. The molecule has 0 aliphatic heterocycles.